The van der Waals surface area contributed by atoms with Gasteiger partial charge >= 0.3 is 0 Å². The van der Waals surface area contributed by atoms with E-state index in [4.69, 9.17) is 4.42 Å². The van der Waals surface area contributed by atoms with Crippen molar-refractivity contribution in [1.29, 1.82) is 5.26 Å². The van der Waals surface area contributed by atoms with Crippen LogP contribution in [0.15, 0.2) is 46.2 Å². The van der Waals surface area contributed by atoms with E-state index in [0.29, 0.717) is 23.1 Å². The number of tetrazole rings is 1. The number of nitrogens with one attached hydrogen (secondary N) is 1. The number of aromatic nitrogens is 5. The largest absolute Gasteiger partial charge is 0.467 e. The number of hydrogen-bond acceptors (Lipinski definition) is 7. The second-order valence-electron chi connectivity index (χ2n) is 7.66. The fourth-order valence-corrected chi connectivity index (χ4v) is 4.41. The minimum atomic E-state index is -0.259. The van der Waals surface area contributed by atoms with Crippen LogP contribution in [-0.2, 0) is 11.3 Å². The Kier molecular flexibility index (Phi) is 6.33. The van der Waals surface area contributed by atoms with Gasteiger partial charge in [0.1, 0.15) is 17.6 Å². The summed E-state index contributed by atoms with van der Waals surface area (Å²) in [5.41, 5.74) is 5.13. The third kappa shape index (κ3) is 4.40. The molecule has 0 aliphatic rings. The van der Waals surface area contributed by atoms with Crippen molar-refractivity contribution in [3.8, 4) is 11.8 Å². The van der Waals surface area contributed by atoms with Gasteiger partial charge in [-0.05, 0) is 66.9 Å². The summed E-state index contributed by atoms with van der Waals surface area (Å²) in [4.78, 5) is 12.9. The van der Waals surface area contributed by atoms with Gasteiger partial charge in [0.2, 0.25) is 11.1 Å². The summed E-state index contributed by atoms with van der Waals surface area (Å²) in [6.07, 6.45) is 1.60. The minimum absolute atomic E-state index is 0.0835. The molecular formula is C23H23N7O2S. The molecule has 0 unspecified atom stereocenters. The highest BCUT2D eigenvalue weighted by Crippen LogP contribution is 2.28. The lowest BCUT2D eigenvalue weighted by Crippen LogP contribution is -2.19. The molecule has 1 aromatic carbocycles. The predicted molar refractivity (Wildman–Crippen MR) is 124 cm³/mol. The zero-order valence-electron chi connectivity index (χ0n) is 18.8. The molecule has 0 spiro atoms. The number of nitriles is 1. The lowest BCUT2D eigenvalue weighted by Gasteiger charge is -2.12. The van der Waals surface area contributed by atoms with Crippen molar-refractivity contribution >= 4 is 23.5 Å². The number of nitrogens with zero attached hydrogens (tertiary/aromatic N) is 6. The van der Waals surface area contributed by atoms with Crippen LogP contribution >= 0.6 is 11.8 Å². The highest BCUT2D eigenvalue weighted by Gasteiger charge is 2.21. The summed E-state index contributed by atoms with van der Waals surface area (Å²) < 4.78 is 9.00. The van der Waals surface area contributed by atoms with E-state index in [2.05, 4.69) is 26.9 Å². The van der Waals surface area contributed by atoms with Crippen LogP contribution in [0.4, 0.5) is 5.82 Å². The Morgan fingerprint density at radius 3 is 2.61 bits per heavy atom. The average molecular weight is 462 g/mol. The Morgan fingerprint density at radius 1 is 1.18 bits per heavy atom. The van der Waals surface area contributed by atoms with Crippen LogP contribution in [0.1, 0.15) is 33.7 Å². The number of carbonyl (C=O) groups is 1. The Bertz CT molecular complexity index is 1330. The van der Waals surface area contributed by atoms with E-state index in [1.807, 2.05) is 62.6 Å². The second kappa shape index (κ2) is 9.34. The number of rotatable bonds is 7. The number of anilines is 1. The maximum atomic E-state index is 12.9. The molecule has 1 amide bonds. The lowest BCUT2D eigenvalue weighted by molar-refractivity contribution is -0.113. The molecule has 0 radical (unpaired) electrons. The predicted octanol–water partition coefficient (Wildman–Crippen LogP) is 3.94. The number of amides is 1. The zero-order chi connectivity index (χ0) is 23.5. The molecule has 9 nitrogen and oxygen atoms in total. The quantitative estimate of drug-likeness (QED) is 0.415. The normalized spacial score (nSPS) is 10.9. The number of aryl methyl sites for hydroxylation is 2. The van der Waals surface area contributed by atoms with E-state index in [0.717, 1.165) is 33.8 Å². The number of hydrogen-bond donors (Lipinski definition) is 1. The maximum Gasteiger partial charge on any atom is 0.235 e. The van der Waals surface area contributed by atoms with Gasteiger partial charge in [-0.15, -0.1) is 5.10 Å². The minimum Gasteiger partial charge on any atom is -0.467 e. The fourth-order valence-electron chi connectivity index (χ4n) is 3.73. The van der Waals surface area contributed by atoms with E-state index in [1.54, 1.807) is 10.9 Å². The molecule has 0 aliphatic carbocycles. The van der Waals surface area contributed by atoms with Crippen molar-refractivity contribution in [2.45, 2.75) is 39.4 Å². The third-order valence-electron chi connectivity index (χ3n) is 5.52. The highest BCUT2D eigenvalue weighted by molar-refractivity contribution is 7.99. The molecule has 3 aromatic heterocycles. The van der Waals surface area contributed by atoms with Gasteiger partial charge in [-0.2, -0.15) is 9.94 Å². The molecule has 10 heteroatoms. The SMILES string of the molecule is Cc1cccc(C)c1-n1nnnc1SCC(=O)Nc1c(C#N)c(C)c(C)n1Cc1ccco1. The topological polar surface area (TPSA) is 115 Å². The maximum absolute atomic E-state index is 12.9. The number of para-hydroxylation sites is 1. The molecule has 0 saturated heterocycles. The van der Waals surface area contributed by atoms with Crippen molar-refractivity contribution in [3.63, 3.8) is 0 Å². The van der Waals surface area contributed by atoms with Gasteiger partial charge in [-0.25, -0.2) is 0 Å². The Morgan fingerprint density at radius 2 is 1.94 bits per heavy atom. The van der Waals surface area contributed by atoms with Gasteiger partial charge in [0.05, 0.1) is 29.8 Å². The van der Waals surface area contributed by atoms with Gasteiger partial charge in [-0.1, -0.05) is 30.0 Å². The van der Waals surface area contributed by atoms with Crippen LogP contribution in [0.3, 0.4) is 0 Å². The first-order valence-corrected chi connectivity index (χ1v) is 11.3. The molecule has 0 fully saturated rings. The first-order valence-electron chi connectivity index (χ1n) is 10.3. The summed E-state index contributed by atoms with van der Waals surface area (Å²) in [5, 5.41) is 25.1. The van der Waals surface area contributed by atoms with E-state index < -0.39 is 0 Å². The van der Waals surface area contributed by atoms with E-state index >= 15 is 0 Å². The van der Waals surface area contributed by atoms with Crippen molar-refractivity contribution in [2.75, 3.05) is 11.1 Å². The number of thioether (sulfide) groups is 1. The highest BCUT2D eigenvalue weighted by atomic mass is 32.2. The van der Waals surface area contributed by atoms with Crippen LogP contribution in [-0.4, -0.2) is 36.4 Å². The second-order valence-corrected chi connectivity index (χ2v) is 8.60. The molecule has 0 atom stereocenters. The van der Waals surface area contributed by atoms with Crippen LogP contribution in [0.25, 0.3) is 5.69 Å². The average Bonchev–Trinajstić information content (AvgIpc) is 3.51. The summed E-state index contributed by atoms with van der Waals surface area (Å²) >= 11 is 1.23. The van der Waals surface area contributed by atoms with E-state index in [1.165, 1.54) is 11.8 Å². The standard InChI is InChI=1S/C23H23N7O2S/c1-14-7-5-8-15(2)21(14)30-23(26-27-28-30)33-13-20(31)25-22-19(11-24)16(3)17(4)29(22)12-18-9-6-10-32-18/h5-10H,12-13H2,1-4H3,(H,25,31). The van der Waals surface area contributed by atoms with Crippen molar-refractivity contribution in [1.82, 2.24) is 24.8 Å². The Hall–Kier alpha value is -3.84. The summed E-state index contributed by atoms with van der Waals surface area (Å²) in [5.74, 6) is 1.02. The first-order chi connectivity index (χ1) is 15.9. The first kappa shape index (κ1) is 22.4. The van der Waals surface area contributed by atoms with Gasteiger partial charge in [0, 0.05) is 5.69 Å². The molecule has 168 valence electrons. The van der Waals surface area contributed by atoms with Gasteiger partial charge in [0.25, 0.3) is 0 Å². The van der Waals surface area contributed by atoms with Crippen molar-refractivity contribution in [3.05, 3.63) is 70.3 Å². The van der Waals surface area contributed by atoms with E-state index in [9.17, 15) is 10.1 Å². The number of carbonyl (C=O) groups excluding carboxylic acids is 1. The van der Waals surface area contributed by atoms with Gasteiger partial charge in [0.15, 0.2) is 0 Å². The van der Waals surface area contributed by atoms with Crippen molar-refractivity contribution in [2.24, 2.45) is 0 Å². The molecule has 1 N–H and O–H groups in total. The Balaban J connectivity index is 1.54. The van der Waals surface area contributed by atoms with E-state index in [-0.39, 0.29) is 11.7 Å². The summed E-state index contributed by atoms with van der Waals surface area (Å²) in [7, 11) is 0. The monoisotopic (exact) mass is 461 g/mol. The lowest BCUT2D eigenvalue weighted by atomic mass is 10.1. The van der Waals surface area contributed by atoms with Crippen LogP contribution < -0.4 is 5.32 Å². The fraction of sp³-hybridized carbons (Fsp3) is 0.261. The molecular weight excluding hydrogens is 438 g/mol. The van der Waals surface area contributed by atoms with Crippen molar-refractivity contribution < 1.29 is 9.21 Å². The molecule has 0 aliphatic heterocycles. The van der Waals surface area contributed by atoms with Crippen LogP contribution in [0, 0.1) is 39.0 Å². The molecule has 33 heavy (non-hydrogen) atoms. The van der Waals surface area contributed by atoms with Gasteiger partial charge in [-0.3, -0.25) is 4.79 Å². The van der Waals surface area contributed by atoms with Crippen LogP contribution in [0.2, 0.25) is 0 Å². The number of benzene rings is 1. The summed E-state index contributed by atoms with van der Waals surface area (Å²) in [6, 6.07) is 11.8. The Labute approximate surface area is 195 Å². The smallest absolute Gasteiger partial charge is 0.235 e. The molecule has 3 heterocycles. The number of furan rings is 1. The van der Waals surface area contributed by atoms with Gasteiger partial charge < -0.3 is 14.3 Å². The molecule has 4 aromatic rings. The summed E-state index contributed by atoms with van der Waals surface area (Å²) in [6.45, 7) is 8.19. The molecule has 0 bridgehead atoms. The van der Waals surface area contributed by atoms with Crippen LogP contribution in [0.5, 0.6) is 0 Å². The zero-order valence-corrected chi connectivity index (χ0v) is 19.6. The molecule has 0 saturated carbocycles. The molecule has 4 rings (SSSR count). The third-order valence-corrected chi connectivity index (χ3v) is 6.44.